The predicted molar refractivity (Wildman–Crippen MR) is 71.5 cm³/mol. The van der Waals surface area contributed by atoms with E-state index in [0.29, 0.717) is 6.42 Å². The lowest BCUT2D eigenvalue weighted by atomic mass is 10.0. The summed E-state index contributed by atoms with van der Waals surface area (Å²) in [5.74, 6) is -0.203. The number of nitrogens with zero attached hydrogens (tertiary/aromatic N) is 1. The van der Waals surface area contributed by atoms with Crippen LogP contribution in [0.5, 0.6) is 0 Å². The van der Waals surface area contributed by atoms with E-state index in [2.05, 4.69) is 11.1 Å². The minimum atomic E-state index is -0.255. The molecule has 0 amide bonds. The summed E-state index contributed by atoms with van der Waals surface area (Å²) in [6.45, 7) is 0. The first kappa shape index (κ1) is 12.6. The zero-order valence-electron chi connectivity index (χ0n) is 10.9. The molecule has 2 aromatic rings. The van der Waals surface area contributed by atoms with Gasteiger partial charge >= 0.3 is 5.97 Å². The summed E-state index contributed by atoms with van der Waals surface area (Å²) in [6.07, 6.45) is 2.60. The van der Waals surface area contributed by atoms with Crippen LogP contribution in [0.15, 0.2) is 30.5 Å². The van der Waals surface area contributed by atoms with Gasteiger partial charge in [0.25, 0.3) is 0 Å². The van der Waals surface area contributed by atoms with Crippen molar-refractivity contribution in [3.8, 4) is 0 Å². The van der Waals surface area contributed by atoms with E-state index in [1.54, 1.807) is 0 Å². The van der Waals surface area contributed by atoms with Crippen LogP contribution in [0.1, 0.15) is 5.56 Å². The van der Waals surface area contributed by atoms with Gasteiger partial charge in [-0.05, 0) is 25.7 Å². The number of rotatable bonds is 4. The van der Waals surface area contributed by atoms with Crippen LogP contribution in [-0.4, -0.2) is 43.1 Å². The van der Waals surface area contributed by atoms with Crippen LogP contribution >= 0.6 is 0 Å². The fraction of sp³-hybridized carbons (Fsp3) is 0.357. The van der Waals surface area contributed by atoms with Gasteiger partial charge in [0.2, 0.25) is 0 Å². The van der Waals surface area contributed by atoms with Gasteiger partial charge in [0.15, 0.2) is 0 Å². The molecule has 1 aromatic heterocycles. The van der Waals surface area contributed by atoms with Crippen molar-refractivity contribution in [3.63, 3.8) is 0 Å². The topological polar surface area (TPSA) is 45.3 Å². The molecule has 1 aromatic carbocycles. The average Bonchev–Trinajstić information content (AvgIpc) is 2.78. The number of hydrogen-bond acceptors (Lipinski definition) is 3. The summed E-state index contributed by atoms with van der Waals surface area (Å²) >= 11 is 0. The van der Waals surface area contributed by atoms with Gasteiger partial charge in [0.1, 0.15) is 6.04 Å². The Hall–Kier alpha value is -1.81. The molecule has 1 atom stereocenters. The zero-order chi connectivity index (χ0) is 13.1. The highest BCUT2D eigenvalue weighted by molar-refractivity contribution is 5.84. The van der Waals surface area contributed by atoms with Gasteiger partial charge in [-0.25, -0.2) is 0 Å². The van der Waals surface area contributed by atoms with Crippen LogP contribution < -0.4 is 0 Å². The molecular weight excluding hydrogens is 228 g/mol. The van der Waals surface area contributed by atoms with Gasteiger partial charge in [-0.2, -0.15) is 0 Å². The molecule has 4 nitrogen and oxygen atoms in total. The maximum absolute atomic E-state index is 11.7. The molecule has 96 valence electrons. The van der Waals surface area contributed by atoms with Crippen molar-refractivity contribution in [2.75, 3.05) is 21.2 Å². The van der Waals surface area contributed by atoms with Crippen LogP contribution in [0.25, 0.3) is 10.9 Å². The average molecular weight is 246 g/mol. The first-order chi connectivity index (χ1) is 8.63. The van der Waals surface area contributed by atoms with E-state index in [1.165, 1.54) is 7.11 Å². The molecule has 1 heterocycles. The van der Waals surface area contributed by atoms with Crippen molar-refractivity contribution in [1.29, 1.82) is 0 Å². The lowest BCUT2D eigenvalue weighted by molar-refractivity contribution is -0.145. The first-order valence-electron chi connectivity index (χ1n) is 5.92. The second-order valence-corrected chi connectivity index (χ2v) is 4.57. The van der Waals surface area contributed by atoms with E-state index in [9.17, 15) is 4.79 Å². The van der Waals surface area contributed by atoms with E-state index in [1.807, 2.05) is 43.4 Å². The number of carbonyl (C=O) groups is 1. The Morgan fingerprint density at radius 3 is 2.78 bits per heavy atom. The van der Waals surface area contributed by atoms with Gasteiger partial charge < -0.3 is 9.72 Å². The van der Waals surface area contributed by atoms with Gasteiger partial charge in [-0.3, -0.25) is 9.69 Å². The van der Waals surface area contributed by atoms with E-state index >= 15 is 0 Å². The maximum atomic E-state index is 11.7. The van der Waals surface area contributed by atoms with Crippen molar-refractivity contribution in [3.05, 3.63) is 36.0 Å². The first-order valence-corrected chi connectivity index (χ1v) is 5.92. The number of methoxy groups -OCH3 is 1. The Morgan fingerprint density at radius 1 is 1.39 bits per heavy atom. The number of esters is 1. The van der Waals surface area contributed by atoms with Crippen molar-refractivity contribution >= 4 is 16.9 Å². The van der Waals surface area contributed by atoms with Gasteiger partial charge in [0.05, 0.1) is 7.11 Å². The molecule has 0 spiro atoms. The third-order valence-electron chi connectivity index (χ3n) is 3.18. The number of fused-ring (bicyclic) bond motifs is 1. The Balaban J connectivity index is 2.29. The smallest absolute Gasteiger partial charge is 0.323 e. The highest BCUT2D eigenvalue weighted by Gasteiger charge is 2.22. The normalized spacial score (nSPS) is 12.9. The quantitative estimate of drug-likeness (QED) is 0.837. The molecule has 1 unspecified atom stereocenters. The summed E-state index contributed by atoms with van der Waals surface area (Å²) in [7, 11) is 5.20. The van der Waals surface area contributed by atoms with Crippen LogP contribution in [0, 0.1) is 0 Å². The van der Waals surface area contributed by atoms with E-state index in [0.717, 1.165) is 16.5 Å². The highest BCUT2D eigenvalue weighted by atomic mass is 16.5. The summed E-state index contributed by atoms with van der Waals surface area (Å²) in [5, 5.41) is 1.16. The number of hydrogen-bond donors (Lipinski definition) is 1. The molecule has 0 saturated carbocycles. The number of nitrogens with one attached hydrogen (secondary N) is 1. The second kappa shape index (κ2) is 5.23. The standard InChI is InChI=1S/C14H18N2O2/c1-16(2)13(14(17)18-3)8-10-9-15-12-7-5-4-6-11(10)12/h4-7,9,13,15H,8H2,1-3H3. The number of likely N-dealkylation sites (N-methyl/N-ethyl adjacent to an activating group) is 1. The molecule has 18 heavy (non-hydrogen) atoms. The fourth-order valence-electron chi connectivity index (χ4n) is 2.12. The van der Waals surface area contributed by atoms with Crippen LogP contribution in [0.4, 0.5) is 0 Å². The molecule has 0 aliphatic heterocycles. The van der Waals surface area contributed by atoms with E-state index in [4.69, 9.17) is 4.74 Å². The molecule has 1 N–H and O–H groups in total. The summed E-state index contributed by atoms with van der Waals surface area (Å²) in [6, 6.07) is 7.83. The van der Waals surface area contributed by atoms with Crippen LogP contribution in [0.2, 0.25) is 0 Å². The third kappa shape index (κ3) is 2.38. The number of carbonyl (C=O) groups excluding carboxylic acids is 1. The largest absolute Gasteiger partial charge is 0.468 e. The molecular formula is C14H18N2O2. The van der Waals surface area contributed by atoms with Crippen molar-refractivity contribution in [2.45, 2.75) is 12.5 Å². The number of ether oxygens (including phenoxy) is 1. The monoisotopic (exact) mass is 246 g/mol. The molecule has 0 bridgehead atoms. The Kier molecular flexibility index (Phi) is 3.67. The molecule has 0 aliphatic rings. The predicted octanol–water partition coefficient (Wildman–Crippen LogP) is 1.81. The molecule has 0 aliphatic carbocycles. The molecule has 2 rings (SSSR count). The van der Waals surface area contributed by atoms with Gasteiger partial charge in [-0.1, -0.05) is 18.2 Å². The fourth-order valence-corrected chi connectivity index (χ4v) is 2.12. The number of H-pyrrole nitrogens is 1. The highest BCUT2D eigenvalue weighted by Crippen LogP contribution is 2.20. The number of para-hydroxylation sites is 1. The molecule has 0 radical (unpaired) electrons. The minimum absolute atomic E-state index is 0.203. The summed E-state index contributed by atoms with van der Waals surface area (Å²) in [4.78, 5) is 16.8. The Morgan fingerprint density at radius 2 is 2.11 bits per heavy atom. The molecule has 0 fully saturated rings. The maximum Gasteiger partial charge on any atom is 0.323 e. The molecule has 0 saturated heterocycles. The minimum Gasteiger partial charge on any atom is -0.468 e. The molecule has 4 heteroatoms. The number of benzene rings is 1. The van der Waals surface area contributed by atoms with Crippen molar-refractivity contribution in [1.82, 2.24) is 9.88 Å². The second-order valence-electron chi connectivity index (χ2n) is 4.57. The third-order valence-corrected chi connectivity index (χ3v) is 3.18. The van der Waals surface area contributed by atoms with Gasteiger partial charge in [0, 0.05) is 23.5 Å². The SMILES string of the molecule is COC(=O)C(Cc1c[nH]c2ccccc12)N(C)C. The van der Waals surface area contributed by atoms with Crippen LogP contribution in [0.3, 0.4) is 0 Å². The Bertz CT molecular complexity index is 545. The van der Waals surface area contributed by atoms with Crippen molar-refractivity contribution in [2.24, 2.45) is 0 Å². The summed E-state index contributed by atoms with van der Waals surface area (Å²) < 4.78 is 4.84. The van der Waals surface area contributed by atoms with Crippen molar-refractivity contribution < 1.29 is 9.53 Å². The number of aromatic amines is 1. The van der Waals surface area contributed by atoms with Crippen LogP contribution in [-0.2, 0) is 16.0 Å². The van der Waals surface area contributed by atoms with E-state index in [-0.39, 0.29) is 12.0 Å². The zero-order valence-corrected chi connectivity index (χ0v) is 10.9. The number of aromatic nitrogens is 1. The van der Waals surface area contributed by atoms with Gasteiger partial charge in [-0.15, -0.1) is 0 Å². The van der Waals surface area contributed by atoms with E-state index < -0.39 is 0 Å². The lowest BCUT2D eigenvalue weighted by Gasteiger charge is -2.21. The lowest BCUT2D eigenvalue weighted by Crippen LogP contribution is -2.38. The summed E-state index contributed by atoms with van der Waals surface area (Å²) in [5.41, 5.74) is 2.23. The Labute approximate surface area is 107 Å².